The molecule has 0 heterocycles. The third-order valence-electron chi connectivity index (χ3n) is 3.68. The van der Waals surface area contributed by atoms with E-state index in [1.165, 1.54) is 0 Å². The Morgan fingerprint density at radius 1 is 0.885 bits per heavy atom. The van der Waals surface area contributed by atoms with Gasteiger partial charge < -0.3 is 14.2 Å². The predicted octanol–water partition coefficient (Wildman–Crippen LogP) is 4.65. The van der Waals surface area contributed by atoms with Gasteiger partial charge in [-0.2, -0.15) is 0 Å². The van der Waals surface area contributed by atoms with E-state index in [4.69, 9.17) is 14.2 Å². The van der Waals surface area contributed by atoms with Gasteiger partial charge in [0.25, 0.3) is 0 Å². The minimum absolute atomic E-state index is 0.351. The SMILES string of the molecule is C=C(C)C(=O)OCCCOCCCOc1ccccc1-c1ccccc1. The number of carbonyl (C=O) groups excluding carboxylic acids is 1. The first-order valence-electron chi connectivity index (χ1n) is 8.86. The highest BCUT2D eigenvalue weighted by atomic mass is 16.5. The molecule has 2 rings (SSSR count). The van der Waals surface area contributed by atoms with Gasteiger partial charge in [0, 0.05) is 37.2 Å². The lowest BCUT2D eigenvalue weighted by atomic mass is 10.1. The molecule has 26 heavy (non-hydrogen) atoms. The first kappa shape index (κ1) is 19.7. The van der Waals surface area contributed by atoms with Crippen LogP contribution in [0.3, 0.4) is 0 Å². The second-order valence-corrected chi connectivity index (χ2v) is 5.95. The smallest absolute Gasteiger partial charge is 0.333 e. The topological polar surface area (TPSA) is 44.8 Å². The van der Waals surface area contributed by atoms with Crippen molar-refractivity contribution < 1.29 is 19.0 Å². The highest BCUT2D eigenvalue weighted by Crippen LogP contribution is 2.29. The molecule has 0 saturated heterocycles. The first-order valence-corrected chi connectivity index (χ1v) is 8.86. The van der Waals surface area contributed by atoms with Gasteiger partial charge in [-0.25, -0.2) is 4.79 Å². The van der Waals surface area contributed by atoms with Gasteiger partial charge in [0.05, 0.1) is 13.2 Å². The molecule has 4 heteroatoms. The molecule has 0 spiro atoms. The van der Waals surface area contributed by atoms with Crippen molar-refractivity contribution in [3.63, 3.8) is 0 Å². The molecule has 138 valence electrons. The maximum atomic E-state index is 11.2. The van der Waals surface area contributed by atoms with Gasteiger partial charge in [0.15, 0.2) is 0 Å². The zero-order chi connectivity index (χ0) is 18.6. The lowest BCUT2D eigenvalue weighted by Crippen LogP contribution is -2.09. The number of esters is 1. The van der Waals surface area contributed by atoms with Crippen molar-refractivity contribution in [1.29, 1.82) is 0 Å². The number of ether oxygens (including phenoxy) is 3. The summed E-state index contributed by atoms with van der Waals surface area (Å²) in [5, 5.41) is 0. The Hall–Kier alpha value is -2.59. The fourth-order valence-corrected chi connectivity index (χ4v) is 2.34. The molecule has 0 aromatic heterocycles. The lowest BCUT2D eigenvalue weighted by molar-refractivity contribution is -0.139. The van der Waals surface area contributed by atoms with Crippen LogP contribution >= 0.6 is 0 Å². The van der Waals surface area contributed by atoms with Crippen LogP contribution in [0, 0.1) is 0 Å². The lowest BCUT2D eigenvalue weighted by Gasteiger charge is -2.12. The third kappa shape index (κ3) is 6.73. The van der Waals surface area contributed by atoms with E-state index in [1.807, 2.05) is 36.4 Å². The minimum atomic E-state index is -0.351. The van der Waals surface area contributed by atoms with Crippen molar-refractivity contribution in [2.45, 2.75) is 19.8 Å². The molecule has 0 amide bonds. The van der Waals surface area contributed by atoms with E-state index in [1.54, 1.807) is 6.92 Å². The van der Waals surface area contributed by atoms with Gasteiger partial charge in [-0.1, -0.05) is 55.1 Å². The van der Waals surface area contributed by atoms with Crippen LogP contribution in [0.15, 0.2) is 66.7 Å². The van der Waals surface area contributed by atoms with Crippen molar-refractivity contribution in [3.8, 4) is 16.9 Å². The second-order valence-electron chi connectivity index (χ2n) is 5.95. The molecule has 4 nitrogen and oxygen atoms in total. The first-order chi connectivity index (χ1) is 12.7. The Morgan fingerprint density at radius 2 is 1.54 bits per heavy atom. The second kappa shape index (κ2) is 11.1. The van der Waals surface area contributed by atoms with Crippen molar-refractivity contribution >= 4 is 5.97 Å². The fourth-order valence-electron chi connectivity index (χ4n) is 2.34. The van der Waals surface area contributed by atoms with Crippen LogP contribution in [0.1, 0.15) is 19.8 Å². The van der Waals surface area contributed by atoms with E-state index in [0.29, 0.717) is 38.4 Å². The van der Waals surface area contributed by atoms with Gasteiger partial charge in [-0.05, 0) is 18.6 Å². The zero-order valence-electron chi connectivity index (χ0n) is 15.3. The minimum Gasteiger partial charge on any atom is -0.493 e. The summed E-state index contributed by atoms with van der Waals surface area (Å²) in [6.07, 6.45) is 1.48. The summed E-state index contributed by atoms with van der Waals surface area (Å²) in [4.78, 5) is 11.2. The summed E-state index contributed by atoms with van der Waals surface area (Å²) in [5.74, 6) is 0.529. The summed E-state index contributed by atoms with van der Waals surface area (Å²) < 4.78 is 16.5. The molecule has 0 radical (unpaired) electrons. The molecule has 0 saturated carbocycles. The van der Waals surface area contributed by atoms with Crippen LogP contribution in [-0.2, 0) is 14.3 Å². The average molecular weight is 354 g/mol. The van der Waals surface area contributed by atoms with Crippen molar-refractivity contribution in [1.82, 2.24) is 0 Å². The highest BCUT2D eigenvalue weighted by molar-refractivity contribution is 5.86. The Bertz CT molecular complexity index is 694. The Labute approximate surface area is 155 Å². The summed E-state index contributed by atoms with van der Waals surface area (Å²) in [5.41, 5.74) is 2.65. The Kier molecular flexibility index (Phi) is 8.43. The summed E-state index contributed by atoms with van der Waals surface area (Å²) in [6, 6.07) is 18.2. The number of benzene rings is 2. The molecule has 0 aliphatic rings. The zero-order valence-corrected chi connectivity index (χ0v) is 15.3. The van der Waals surface area contributed by atoms with Crippen LogP contribution < -0.4 is 4.74 Å². The Balaban J connectivity index is 1.62. The summed E-state index contributed by atoms with van der Waals surface area (Å²) in [6.45, 7) is 7.29. The molecule has 0 aliphatic carbocycles. The monoisotopic (exact) mass is 354 g/mol. The maximum absolute atomic E-state index is 11.2. The quantitative estimate of drug-likeness (QED) is 0.335. The molecule has 0 unspecified atom stereocenters. The van der Waals surface area contributed by atoms with Gasteiger partial charge in [0.2, 0.25) is 0 Å². The van der Waals surface area contributed by atoms with Crippen LogP contribution in [0.2, 0.25) is 0 Å². The average Bonchev–Trinajstić information content (AvgIpc) is 2.67. The van der Waals surface area contributed by atoms with Crippen molar-refractivity contribution in [2.24, 2.45) is 0 Å². The molecule has 0 aliphatic heterocycles. The number of rotatable bonds is 11. The molecule has 0 bridgehead atoms. The predicted molar refractivity (Wildman–Crippen MR) is 103 cm³/mol. The number of hydrogen-bond donors (Lipinski definition) is 0. The van der Waals surface area contributed by atoms with Crippen LogP contribution in [-0.4, -0.2) is 32.4 Å². The van der Waals surface area contributed by atoms with Gasteiger partial charge in [-0.15, -0.1) is 0 Å². The van der Waals surface area contributed by atoms with Gasteiger partial charge in [0.1, 0.15) is 5.75 Å². The number of para-hydroxylation sites is 1. The van der Waals surface area contributed by atoms with Gasteiger partial charge >= 0.3 is 5.97 Å². The van der Waals surface area contributed by atoms with E-state index < -0.39 is 0 Å². The number of hydrogen-bond acceptors (Lipinski definition) is 4. The molecule has 2 aromatic carbocycles. The van der Waals surface area contributed by atoms with Crippen LogP contribution in [0.25, 0.3) is 11.1 Å². The molecular formula is C22H26O4. The van der Waals surface area contributed by atoms with Crippen molar-refractivity contribution in [2.75, 3.05) is 26.4 Å². The Morgan fingerprint density at radius 3 is 2.27 bits per heavy atom. The molecular weight excluding hydrogens is 328 g/mol. The van der Waals surface area contributed by atoms with E-state index in [9.17, 15) is 4.79 Å². The summed E-state index contributed by atoms with van der Waals surface area (Å²) in [7, 11) is 0. The largest absolute Gasteiger partial charge is 0.493 e. The van der Waals surface area contributed by atoms with E-state index in [-0.39, 0.29) is 5.97 Å². The van der Waals surface area contributed by atoms with Gasteiger partial charge in [-0.3, -0.25) is 0 Å². The highest BCUT2D eigenvalue weighted by Gasteiger charge is 2.05. The van der Waals surface area contributed by atoms with E-state index in [0.717, 1.165) is 23.3 Å². The van der Waals surface area contributed by atoms with Crippen LogP contribution in [0.4, 0.5) is 0 Å². The fraction of sp³-hybridized carbons (Fsp3) is 0.318. The van der Waals surface area contributed by atoms with E-state index in [2.05, 4.69) is 24.8 Å². The summed E-state index contributed by atoms with van der Waals surface area (Å²) >= 11 is 0. The third-order valence-corrected chi connectivity index (χ3v) is 3.68. The van der Waals surface area contributed by atoms with E-state index >= 15 is 0 Å². The maximum Gasteiger partial charge on any atom is 0.333 e. The normalized spacial score (nSPS) is 10.3. The molecule has 0 N–H and O–H groups in total. The molecule has 2 aromatic rings. The molecule has 0 atom stereocenters. The molecule has 0 fully saturated rings. The standard InChI is InChI=1S/C22H26O4/c1-18(2)22(23)26-17-9-15-24-14-8-16-25-21-13-7-6-12-20(21)19-10-4-3-5-11-19/h3-7,10-13H,1,8-9,14-17H2,2H3. The number of carbonyl (C=O) groups is 1. The van der Waals surface area contributed by atoms with Crippen molar-refractivity contribution in [3.05, 3.63) is 66.7 Å². The van der Waals surface area contributed by atoms with Crippen LogP contribution in [0.5, 0.6) is 5.75 Å².